The van der Waals surface area contributed by atoms with Crippen LogP contribution in [0.2, 0.25) is 0 Å². The summed E-state index contributed by atoms with van der Waals surface area (Å²) in [5.74, 6) is -2.30. The molecule has 0 radical (unpaired) electrons. The van der Waals surface area contributed by atoms with E-state index >= 15 is 0 Å². The van der Waals surface area contributed by atoms with Crippen molar-refractivity contribution in [2.45, 2.75) is 62.0 Å². The fourth-order valence-electron chi connectivity index (χ4n) is 4.13. The molecule has 1 saturated heterocycles. The van der Waals surface area contributed by atoms with Gasteiger partial charge in [-0.3, -0.25) is 0 Å². The van der Waals surface area contributed by atoms with Crippen LogP contribution in [0.5, 0.6) is 11.5 Å². The van der Waals surface area contributed by atoms with Gasteiger partial charge in [-0.25, -0.2) is 0 Å². The molecule has 9 nitrogen and oxygen atoms in total. The highest BCUT2D eigenvalue weighted by Gasteiger charge is 2.55. The molecule has 1 aliphatic heterocycles. The van der Waals surface area contributed by atoms with Crippen molar-refractivity contribution in [3.8, 4) is 17.6 Å². The molecule has 6 N–H and O–H groups in total. The molecular weight excluding hydrogens is 430 g/mol. The Morgan fingerprint density at radius 3 is 2.36 bits per heavy atom. The van der Waals surface area contributed by atoms with Gasteiger partial charge in [-0.15, -0.1) is 0 Å². The first-order valence-corrected chi connectivity index (χ1v) is 10.8. The Kier molecular flexibility index (Phi) is 6.59. The van der Waals surface area contributed by atoms with Crippen molar-refractivity contribution in [3.05, 3.63) is 58.7 Å². The zero-order valence-corrected chi connectivity index (χ0v) is 17.8. The molecular formula is C24H27NO8. The van der Waals surface area contributed by atoms with Crippen LogP contribution < -0.4 is 4.74 Å². The molecule has 1 saturated carbocycles. The highest BCUT2D eigenvalue weighted by atomic mass is 16.7. The monoisotopic (exact) mass is 457 g/mol. The Balaban J connectivity index is 1.81. The number of benzene rings is 2. The number of phenolic OH excluding ortho intramolecular Hbond substituents is 1. The number of rotatable bonds is 6. The fraction of sp³-hybridized carbons (Fsp3) is 0.458. The third kappa shape index (κ3) is 4.42. The lowest BCUT2D eigenvalue weighted by atomic mass is 9.85. The SMILES string of the molecule is N#Cc1cc(OC2CCC2)c([C@]2(O)O[C@H](CO)[C@@H](O)[C@H](O)[C@H]2O)cc1Cc1ccc(O)cc1. The normalized spacial score (nSPS) is 29.8. The van der Waals surface area contributed by atoms with Crippen molar-refractivity contribution < 1.29 is 40.1 Å². The van der Waals surface area contributed by atoms with E-state index < -0.39 is 36.8 Å². The van der Waals surface area contributed by atoms with Crippen LogP contribution >= 0.6 is 0 Å². The van der Waals surface area contributed by atoms with E-state index in [-0.39, 0.29) is 35.2 Å². The topological polar surface area (TPSA) is 164 Å². The van der Waals surface area contributed by atoms with Crippen molar-refractivity contribution in [2.24, 2.45) is 0 Å². The van der Waals surface area contributed by atoms with Crippen molar-refractivity contribution in [3.63, 3.8) is 0 Å². The van der Waals surface area contributed by atoms with Gasteiger partial charge in [0, 0.05) is 0 Å². The summed E-state index contributed by atoms with van der Waals surface area (Å²) >= 11 is 0. The molecule has 2 fully saturated rings. The molecule has 9 heteroatoms. The Morgan fingerprint density at radius 2 is 1.79 bits per heavy atom. The summed E-state index contributed by atoms with van der Waals surface area (Å²) in [5.41, 5.74) is 1.54. The number of hydrogen-bond donors (Lipinski definition) is 6. The number of aromatic hydroxyl groups is 1. The van der Waals surface area contributed by atoms with Crippen LogP contribution in [0.1, 0.15) is 41.5 Å². The fourth-order valence-corrected chi connectivity index (χ4v) is 4.13. The Labute approximate surface area is 190 Å². The van der Waals surface area contributed by atoms with Crippen LogP contribution in [0, 0.1) is 11.3 Å². The lowest BCUT2D eigenvalue weighted by molar-refractivity contribution is -0.358. The average Bonchev–Trinajstić information content (AvgIpc) is 2.79. The lowest BCUT2D eigenvalue weighted by Crippen LogP contribution is -2.63. The number of aliphatic hydroxyl groups excluding tert-OH is 4. The molecule has 0 bridgehead atoms. The Hall–Kier alpha value is -2.71. The van der Waals surface area contributed by atoms with Crippen LogP contribution in [0.15, 0.2) is 36.4 Å². The number of nitriles is 1. The Bertz CT molecular complexity index is 1030. The molecule has 4 rings (SSSR count). The van der Waals surface area contributed by atoms with Gasteiger partial charge in [0.2, 0.25) is 5.79 Å². The van der Waals surface area contributed by atoms with Crippen LogP contribution in [-0.2, 0) is 16.9 Å². The molecule has 0 amide bonds. The van der Waals surface area contributed by atoms with Gasteiger partial charge in [0.1, 0.15) is 35.9 Å². The molecule has 2 aromatic carbocycles. The first kappa shape index (κ1) is 23.4. The molecule has 33 heavy (non-hydrogen) atoms. The lowest BCUT2D eigenvalue weighted by Gasteiger charge is -2.46. The smallest absolute Gasteiger partial charge is 0.226 e. The second-order valence-corrected chi connectivity index (χ2v) is 8.59. The maximum atomic E-state index is 11.4. The van der Waals surface area contributed by atoms with Crippen LogP contribution in [0.25, 0.3) is 0 Å². The van der Waals surface area contributed by atoms with Gasteiger partial charge in [0.15, 0.2) is 0 Å². The van der Waals surface area contributed by atoms with E-state index in [1.54, 1.807) is 12.1 Å². The van der Waals surface area contributed by atoms with E-state index in [1.165, 1.54) is 24.3 Å². The van der Waals surface area contributed by atoms with Gasteiger partial charge in [-0.1, -0.05) is 12.1 Å². The molecule has 5 atom stereocenters. The minimum atomic E-state index is -2.51. The number of aliphatic hydroxyl groups is 5. The largest absolute Gasteiger partial charge is 0.508 e. The molecule has 0 aromatic heterocycles. The highest BCUT2D eigenvalue weighted by molar-refractivity contribution is 5.52. The minimum Gasteiger partial charge on any atom is -0.508 e. The second-order valence-electron chi connectivity index (χ2n) is 8.59. The van der Waals surface area contributed by atoms with E-state index in [1.807, 2.05) is 0 Å². The average molecular weight is 457 g/mol. The van der Waals surface area contributed by atoms with E-state index in [9.17, 15) is 35.9 Å². The van der Waals surface area contributed by atoms with Crippen molar-refractivity contribution in [1.82, 2.24) is 0 Å². The van der Waals surface area contributed by atoms with E-state index in [0.717, 1.165) is 24.8 Å². The zero-order chi connectivity index (χ0) is 23.8. The summed E-state index contributed by atoms with van der Waals surface area (Å²) in [6.45, 7) is -0.706. The van der Waals surface area contributed by atoms with E-state index in [0.29, 0.717) is 5.56 Å². The van der Waals surface area contributed by atoms with Crippen LogP contribution in [-0.4, -0.2) is 67.8 Å². The molecule has 1 aliphatic carbocycles. The molecule has 0 spiro atoms. The van der Waals surface area contributed by atoms with Crippen LogP contribution in [0.4, 0.5) is 0 Å². The second kappa shape index (κ2) is 9.27. The molecule has 176 valence electrons. The predicted octanol–water partition coefficient (Wildman–Crippen LogP) is 0.405. The summed E-state index contributed by atoms with van der Waals surface area (Å²) < 4.78 is 11.5. The number of hydrogen-bond acceptors (Lipinski definition) is 9. The van der Waals surface area contributed by atoms with Crippen LogP contribution in [0.3, 0.4) is 0 Å². The van der Waals surface area contributed by atoms with Crippen molar-refractivity contribution in [1.29, 1.82) is 5.26 Å². The van der Waals surface area contributed by atoms with Gasteiger partial charge in [-0.2, -0.15) is 5.26 Å². The third-order valence-electron chi connectivity index (χ3n) is 6.35. The maximum Gasteiger partial charge on any atom is 0.226 e. The molecule has 2 aliphatic rings. The minimum absolute atomic E-state index is 0.0147. The summed E-state index contributed by atoms with van der Waals surface area (Å²) in [7, 11) is 0. The summed E-state index contributed by atoms with van der Waals surface area (Å²) in [5, 5.41) is 71.4. The highest BCUT2D eigenvalue weighted by Crippen LogP contribution is 2.43. The van der Waals surface area contributed by atoms with Gasteiger partial charge in [0.25, 0.3) is 0 Å². The van der Waals surface area contributed by atoms with Crippen molar-refractivity contribution in [2.75, 3.05) is 6.61 Å². The predicted molar refractivity (Wildman–Crippen MR) is 114 cm³/mol. The maximum absolute atomic E-state index is 11.4. The van der Waals surface area contributed by atoms with Gasteiger partial charge in [0.05, 0.1) is 29.9 Å². The van der Waals surface area contributed by atoms with E-state index in [2.05, 4.69) is 6.07 Å². The summed E-state index contributed by atoms with van der Waals surface area (Å²) in [4.78, 5) is 0. The molecule has 2 aromatic rings. The first-order chi connectivity index (χ1) is 15.8. The Morgan fingerprint density at radius 1 is 1.09 bits per heavy atom. The first-order valence-electron chi connectivity index (χ1n) is 10.8. The summed E-state index contributed by atoms with van der Waals surface area (Å²) in [6.07, 6.45) is -4.03. The standard InChI is InChI=1S/C24H27NO8/c25-11-15-10-19(32-17-2-1-3-17)18(9-14(15)8-13-4-6-16(27)7-5-13)24(31)23(30)22(29)21(28)20(12-26)33-24/h4-7,9-10,17,20-23,26-31H,1-3,8,12H2/t20-,21-,22+,23-,24+/m1/s1. The van der Waals surface area contributed by atoms with Crippen molar-refractivity contribution >= 4 is 0 Å². The molecule has 0 unspecified atom stereocenters. The van der Waals surface area contributed by atoms with Gasteiger partial charge >= 0.3 is 0 Å². The number of phenols is 1. The van der Waals surface area contributed by atoms with Gasteiger partial charge < -0.3 is 40.1 Å². The quantitative estimate of drug-likeness (QED) is 0.360. The van der Waals surface area contributed by atoms with Gasteiger partial charge in [-0.05, 0) is 61.1 Å². The zero-order valence-electron chi connectivity index (χ0n) is 17.8. The third-order valence-corrected chi connectivity index (χ3v) is 6.35. The number of ether oxygens (including phenoxy) is 2. The number of nitrogens with zero attached hydrogens (tertiary/aromatic N) is 1. The molecule has 1 heterocycles. The summed E-state index contributed by atoms with van der Waals surface area (Å²) in [6, 6.07) is 11.5. The van der Waals surface area contributed by atoms with E-state index in [4.69, 9.17) is 9.47 Å².